The number of hydrogen-bond donors (Lipinski definition) is 2. The van der Waals surface area contributed by atoms with E-state index in [1.54, 1.807) is 12.4 Å². The third-order valence-corrected chi connectivity index (χ3v) is 5.37. The van der Waals surface area contributed by atoms with Crippen LogP contribution in [0.5, 0.6) is 0 Å². The van der Waals surface area contributed by atoms with Gasteiger partial charge in [-0.25, -0.2) is 14.4 Å². The number of rotatable bonds is 6. The summed E-state index contributed by atoms with van der Waals surface area (Å²) in [6, 6.07) is 6.34. The molecule has 0 unspecified atom stereocenters. The number of nitrogens with one attached hydrogen (secondary N) is 2. The molecule has 3 aromatic rings. The first-order valence-corrected chi connectivity index (χ1v) is 9.71. The predicted octanol–water partition coefficient (Wildman–Crippen LogP) is 4.04. The highest BCUT2D eigenvalue weighted by atomic mass is 35.5. The Morgan fingerprint density at radius 3 is 3.11 bits per heavy atom. The summed E-state index contributed by atoms with van der Waals surface area (Å²) < 4.78 is 13.2. The Morgan fingerprint density at radius 1 is 1.36 bits per heavy atom. The fourth-order valence-corrected chi connectivity index (χ4v) is 3.92. The molecule has 28 heavy (non-hydrogen) atoms. The third-order valence-electron chi connectivity index (χ3n) is 5.08. The Morgan fingerprint density at radius 2 is 2.25 bits per heavy atom. The van der Waals surface area contributed by atoms with Crippen LogP contribution in [0.15, 0.2) is 36.8 Å². The number of anilines is 2. The number of carbonyl (C=O) groups excluding carboxylic acids is 1. The molecule has 0 bridgehead atoms. The standard InChI is InChI=1S/C20H21ClFN5O/c21-17-9-14(3-4-18(17)22)24-10-15(28)8-13-2-1-7-27(11-13)20-16-5-6-23-19(16)25-12-26-20/h3-6,9,12-13,24H,1-2,7-8,10-11H2,(H,23,25,26)/t13-/m0/s1. The summed E-state index contributed by atoms with van der Waals surface area (Å²) in [5, 5.41) is 4.07. The first-order valence-electron chi connectivity index (χ1n) is 9.34. The molecule has 1 aromatic carbocycles. The summed E-state index contributed by atoms with van der Waals surface area (Å²) in [7, 11) is 0. The normalized spacial score (nSPS) is 17.1. The van der Waals surface area contributed by atoms with Crippen LogP contribution in [0.1, 0.15) is 19.3 Å². The first kappa shape index (κ1) is 18.7. The van der Waals surface area contributed by atoms with Gasteiger partial charge in [-0.15, -0.1) is 0 Å². The molecular weight excluding hydrogens is 381 g/mol. The first-order chi connectivity index (χ1) is 13.6. The van der Waals surface area contributed by atoms with Gasteiger partial charge in [-0.3, -0.25) is 4.79 Å². The van der Waals surface area contributed by atoms with Crippen LogP contribution in [0.4, 0.5) is 15.9 Å². The largest absolute Gasteiger partial charge is 0.378 e. The molecule has 0 saturated carbocycles. The number of ketones is 1. The van der Waals surface area contributed by atoms with Crippen molar-refractivity contribution in [3.63, 3.8) is 0 Å². The van der Waals surface area contributed by atoms with E-state index in [0.717, 1.165) is 42.8 Å². The summed E-state index contributed by atoms with van der Waals surface area (Å²) in [5.41, 5.74) is 1.46. The summed E-state index contributed by atoms with van der Waals surface area (Å²) in [5.74, 6) is 0.857. The van der Waals surface area contributed by atoms with Gasteiger partial charge in [0.2, 0.25) is 0 Å². The summed E-state index contributed by atoms with van der Waals surface area (Å²) in [6.45, 7) is 1.92. The molecule has 6 nitrogen and oxygen atoms in total. The Kier molecular flexibility index (Phi) is 5.43. The molecule has 0 amide bonds. The number of benzene rings is 1. The van der Waals surface area contributed by atoms with Crippen LogP contribution in [0, 0.1) is 11.7 Å². The van der Waals surface area contributed by atoms with Crippen molar-refractivity contribution in [1.82, 2.24) is 15.0 Å². The van der Waals surface area contributed by atoms with Gasteiger partial charge in [0, 0.05) is 31.4 Å². The Balaban J connectivity index is 1.35. The summed E-state index contributed by atoms with van der Waals surface area (Å²) >= 11 is 5.77. The van der Waals surface area contributed by atoms with Crippen molar-refractivity contribution in [3.8, 4) is 0 Å². The number of nitrogens with zero attached hydrogens (tertiary/aromatic N) is 3. The fourth-order valence-electron chi connectivity index (χ4n) is 3.74. The van der Waals surface area contributed by atoms with Crippen molar-refractivity contribution in [2.75, 3.05) is 29.9 Å². The molecule has 1 saturated heterocycles. The topological polar surface area (TPSA) is 73.9 Å². The van der Waals surface area contributed by atoms with Crippen molar-refractivity contribution < 1.29 is 9.18 Å². The molecule has 2 N–H and O–H groups in total. The van der Waals surface area contributed by atoms with Gasteiger partial charge < -0.3 is 15.2 Å². The van der Waals surface area contributed by atoms with Crippen LogP contribution in [0.25, 0.3) is 11.0 Å². The van der Waals surface area contributed by atoms with E-state index in [4.69, 9.17) is 11.6 Å². The smallest absolute Gasteiger partial charge is 0.152 e. The third kappa shape index (κ3) is 4.09. The number of aromatic amines is 1. The maximum atomic E-state index is 13.2. The second kappa shape index (κ2) is 8.14. The lowest BCUT2D eigenvalue weighted by Crippen LogP contribution is -2.37. The van der Waals surface area contributed by atoms with Crippen LogP contribution in [-0.4, -0.2) is 40.4 Å². The van der Waals surface area contributed by atoms with E-state index >= 15 is 0 Å². The molecule has 1 aliphatic rings. The van der Waals surface area contributed by atoms with Gasteiger partial charge in [-0.05, 0) is 43.0 Å². The van der Waals surface area contributed by atoms with Crippen LogP contribution in [-0.2, 0) is 4.79 Å². The van der Waals surface area contributed by atoms with Gasteiger partial charge in [-0.1, -0.05) is 11.6 Å². The number of aromatic nitrogens is 3. The molecular formula is C20H21ClFN5O. The van der Waals surface area contributed by atoms with Gasteiger partial charge in [0.05, 0.1) is 17.0 Å². The van der Waals surface area contributed by atoms with E-state index in [9.17, 15) is 9.18 Å². The molecule has 1 aliphatic heterocycles. The van der Waals surface area contributed by atoms with Gasteiger partial charge in [0.1, 0.15) is 23.6 Å². The average molecular weight is 402 g/mol. The molecule has 1 fully saturated rings. The molecule has 0 aliphatic carbocycles. The lowest BCUT2D eigenvalue weighted by molar-refractivity contribution is -0.118. The predicted molar refractivity (Wildman–Crippen MR) is 108 cm³/mol. The zero-order valence-electron chi connectivity index (χ0n) is 15.3. The van der Waals surface area contributed by atoms with E-state index in [1.807, 2.05) is 12.3 Å². The van der Waals surface area contributed by atoms with Gasteiger partial charge >= 0.3 is 0 Å². The highest BCUT2D eigenvalue weighted by Crippen LogP contribution is 2.28. The van der Waals surface area contributed by atoms with E-state index in [1.165, 1.54) is 12.1 Å². The number of halogens is 2. The van der Waals surface area contributed by atoms with Crippen LogP contribution < -0.4 is 10.2 Å². The van der Waals surface area contributed by atoms with Crippen molar-refractivity contribution in [2.24, 2.45) is 5.92 Å². The minimum atomic E-state index is -0.470. The molecule has 146 valence electrons. The lowest BCUT2D eigenvalue weighted by Gasteiger charge is -2.33. The number of hydrogen-bond acceptors (Lipinski definition) is 5. The van der Waals surface area contributed by atoms with Gasteiger partial charge in [0.15, 0.2) is 5.78 Å². The lowest BCUT2D eigenvalue weighted by atomic mass is 9.92. The molecule has 2 aromatic heterocycles. The van der Waals surface area contributed by atoms with Crippen LogP contribution >= 0.6 is 11.6 Å². The SMILES string of the molecule is O=C(CNc1ccc(F)c(Cl)c1)C[C@@H]1CCCN(c2ncnc3[nH]ccc23)C1. The maximum absolute atomic E-state index is 13.2. The second-order valence-corrected chi connectivity index (χ2v) is 7.52. The van der Waals surface area contributed by atoms with E-state index < -0.39 is 5.82 Å². The zero-order valence-corrected chi connectivity index (χ0v) is 16.0. The molecule has 3 heterocycles. The second-order valence-electron chi connectivity index (χ2n) is 7.12. The van der Waals surface area contributed by atoms with E-state index in [2.05, 4.69) is 25.2 Å². The minimum Gasteiger partial charge on any atom is -0.378 e. The fraction of sp³-hybridized carbons (Fsp3) is 0.350. The van der Waals surface area contributed by atoms with Crippen molar-refractivity contribution in [3.05, 3.63) is 47.6 Å². The zero-order chi connectivity index (χ0) is 19.5. The number of H-pyrrole nitrogens is 1. The number of carbonyl (C=O) groups is 1. The number of piperidine rings is 1. The minimum absolute atomic E-state index is 0.0429. The average Bonchev–Trinajstić information content (AvgIpc) is 3.18. The van der Waals surface area contributed by atoms with Gasteiger partial charge in [-0.2, -0.15) is 0 Å². The van der Waals surface area contributed by atoms with Crippen LogP contribution in [0.2, 0.25) is 5.02 Å². The maximum Gasteiger partial charge on any atom is 0.152 e. The highest BCUT2D eigenvalue weighted by molar-refractivity contribution is 6.31. The summed E-state index contributed by atoms with van der Waals surface area (Å²) in [4.78, 5) is 26.5. The Bertz CT molecular complexity index is 992. The van der Waals surface area contributed by atoms with Gasteiger partial charge in [0.25, 0.3) is 0 Å². The number of fused-ring (bicyclic) bond motifs is 1. The summed E-state index contributed by atoms with van der Waals surface area (Å²) in [6.07, 6.45) is 5.97. The quantitative estimate of drug-likeness (QED) is 0.652. The molecule has 4 rings (SSSR count). The molecule has 0 spiro atoms. The van der Waals surface area contributed by atoms with Crippen molar-refractivity contribution >= 4 is 39.9 Å². The Hall–Kier alpha value is -2.67. The van der Waals surface area contributed by atoms with Crippen molar-refractivity contribution in [1.29, 1.82) is 0 Å². The highest BCUT2D eigenvalue weighted by Gasteiger charge is 2.24. The van der Waals surface area contributed by atoms with E-state index in [-0.39, 0.29) is 23.3 Å². The number of Topliss-reactive ketones (excluding diaryl/α,β-unsaturated/α-hetero) is 1. The van der Waals surface area contributed by atoms with Crippen LogP contribution in [0.3, 0.4) is 0 Å². The van der Waals surface area contributed by atoms with E-state index in [0.29, 0.717) is 12.1 Å². The van der Waals surface area contributed by atoms with Crippen molar-refractivity contribution in [2.45, 2.75) is 19.3 Å². The Labute approximate surface area is 167 Å². The molecule has 8 heteroatoms. The molecule has 1 atom stereocenters. The molecule has 0 radical (unpaired) electrons. The monoisotopic (exact) mass is 401 g/mol.